The van der Waals surface area contributed by atoms with E-state index in [4.69, 9.17) is 5.11 Å². The molecule has 0 aliphatic heterocycles. The first kappa shape index (κ1) is 16.3. The molecule has 2 aromatic rings. The predicted molar refractivity (Wildman–Crippen MR) is 77.7 cm³/mol. The highest BCUT2D eigenvalue weighted by Crippen LogP contribution is 2.31. The van der Waals surface area contributed by atoms with E-state index in [1.165, 1.54) is 12.1 Å². The fraction of sp³-hybridized carbons (Fsp3) is 0.417. The number of rotatable bonds is 9. The number of carboxylic acids is 1. The van der Waals surface area contributed by atoms with E-state index >= 15 is 0 Å². The maximum Gasteiger partial charge on any atom is 0.303 e. The number of carbonyl (C=O) groups is 1. The molecule has 11 heteroatoms. The van der Waals surface area contributed by atoms with Crippen molar-refractivity contribution in [2.45, 2.75) is 25.7 Å². The van der Waals surface area contributed by atoms with Gasteiger partial charge in [-0.25, -0.2) is 9.64 Å². The zero-order chi connectivity index (χ0) is 16.8. The van der Waals surface area contributed by atoms with Crippen molar-refractivity contribution in [1.82, 2.24) is 10.3 Å². The summed E-state index contributed by atoms with van der Waals surface area (Å²) in [7, 11) is 0. The number of hydrogen-bond donors (Lipinski definition) is 1. The van der Waals surface area contributed by atoms with Gasteiger partial charge in [0.05, 0.1) is 15.9 Å². The lowest BCUT2D eigenvalue weighted by molar-refractivity contribution is -0.383. The highest BCUT2D eigenvalue weighted by Gasteiger charge is 2.22. The summed E-state index contributed by atoms with van der Waals surface area (Å²) in [5, 5.41) is 30.5. The molecule has 0 bridgehead atoms. The lowest BCUT2D eigenvalue weighted by atomic mass is 10.2. The Morgan fingerprint density at radius 1 is 1.30 bits per heavy atom. The molecule has 11 nitrogen and oxygen atoms in total. The molecule has 1 N–H and O–H groups in total. The van der Waals surface area contributed by atoms with Crippen molar-refractivity contribution in [3.05, 3.63) is 27.2 Å². The van der Waals surface area contributed by atoms with Crippen molar-refractivity contribution < 1.29 is 19.5 Å². The summed E-state index contributed by atoms with van der Waals surface area (Å²) < 4.78 is 4.52. The zero-order valence-electron chi connectivity index (χ0n) is 11.9. The molecule has 0 aliphatic carbocycles. The van der Waals surface area contributed by atoms with Crippen molar-refractivity contribution in [1.29, 1.82) is 0 Å². The van der Waals surface area contributed by atoms with Crippen LogP contribution in [0, 0.1) is 15.0 Å². The quantitative estimate of drug-likeness (QED) is 0.317. The summed E-state index contributed by atoms with van der Waals surface area (Å²) in [6.45, 7) is 0.225. The topological polar surface area (TPSA) is 152 Å². The van der Waals surface area contributed by atoms with Crippen LogP contribution < -0.4 is 5.01 Å². The molecule has 122 valence electrons. The maximum absolute atomic E-state index is 11.0. The molecule has 23 heavy (non-hydrogen) atoms. The number of non-ortho nitro benzene ring substituents is 1. The Kier molecular flexibility index (Phi) is 5.12. The number of aliphatic carboxylic acids is 1. The lowest BCUT2D eigenvalue weighted by Crippen LogP contribution is -2.17. The number of nitrogens with zero attached hydrogens (tertiary/aromatic N) is 5. The van der Waals surface area contributed by atoms with Crippen molar-refractivity contribution in [2.75, 3.05) is 11.6 Å². The zero-order valence-corrected chi connectivity index (χ0v) is 11.9. The third-order valence-electron chi connectivity index (χ3n) is 3.21. The Hall–Kier alpha value is -3.11. The van der Waals surface area contributed by atoms with Crippen LogP contribution in [0.5, 0.6) is 0 Å². The molecule has 0 spiro atoms. The number of nitro groups is 1. The number of fused-ring (bicyclic) bond motifs is 1. The highest BCUT2D eigenvalue weighted by atomic mass is 16.6. The van der Waals surface area contributed by atoms with Gasteiger partial charge in [-0.15, -0.1) is 4.91 Å². The molecule has 0 saturated carbocycles. The largest absolute Gasteiger partial charge is 0.481 e. The monoisotopic (exact) mass is 323 g/mol. The standard InChI is InChI=1S/C12H13N5O6/c18-10(19)4-2-1-3-7-16(15-20)8-5-6-9(17(21)22)12-11(8)13-23-14-12/h5-6H,1-4,7H2,(H,18,19). The third kappa shape index (κ3) is 3.75. The van der Waals surface area contributed by atoms with Crippen LogP contribution in [0.4, 0.5) is 11.4 Å². The number of anilines is 1. The summed E-state index contributed by atoms with van der Waals surface area (Å²) >= 11 is 0. The van der Waals surface area contributed by atoms with E-state index in [0.717, 1.165) is 5.01 Å². The Morgan fingerprint density at radius 3 is 2.70 bits per heavy atom. The van der Waals surface area contributed by atoms with Gasteiger partial charge in [-0.1, -0.05) is 6.42 Å². The van der Waals surface area contributed by atoms with E-state index in [-0.39, 0.29) is 35.4 Å². The molecule has 1 heterocycles. The minimum Gasteiger partial charge on any atom is -0.481 e. The lowest BCUT2D eigenvalue weighted by Gasteiger charge is -2.14. The Labute approximate surface area is 128 Å². The van der Waals surface area contributed by atoms with Gasteiger partial charge in [0.2, 0.25) is 5.52 Å². The second kappa shape index (κ2) is 7.24. The average Bonchev–Trinajstić information content (AvgIpc) is 2.99. The molecule has 0 atom stereocenters. The molecule has 0 amide bonds. The van der Waals surface area contributed by atoms with Gasteiger partial charge in [-0.2, -0.15) is 0 Å². The molecule has 1 aromatic carbocycles. The first-order valence-corrected chi connectivity index (χ1v) is 6.77. The Bertz CT molecular complexity index is 730. The van der Waals surface area contributed by atoms with Gasteiger partial charge in [0, 0.05) is 19.0 Å². The Morgan fingerprint density at radius 2 is 2.04 bits per heavy atom. The molecule has 0 saturated heterocycles. The minimum atomic E-state index is -0.874. The Balaban J connectivity index is 2.12. The summed E-state index contributed by atoms with van der Waals surface area (Å²) in [6.07, 6.45) is 1.68. The molecule has 0 fully saturated rings. The summed E-state index contributed by atoms with van der Waals surface area (Å²) in [6, 6.07) is 2.55. The van der Waals surface area contributed by atoms with Gasteiger partial charge < -0.3 is 5.11 Å². The second-order valence-corrected chi connectivity index (χ2v) is 4.73. The normalized spacial score (nSPS) is 10.6. The van der Waals surface area contributed by atoms with Crippen LogP contribution in [0.2, 0.25) is 0 Å². The molecule has 0 unspecified atom stereocenters. The SMILES string of the molecule is O=NN(CCCCCC(=O)O)c1ccc([N+](=O)[O-])c2nonc12. The number of nitroso groups, excluding NO2 is 1. The van der Waals surface area contributed by atoms with E-state index in [1.807, 2.05) is 0 Å². The number of nitro benzene ring substituents is 1. The number of hydrogen-bond acceptors (Lipinski definition) is 8. The number of unbranched alkanes of at least 4 members (excludes halogenated alkanes) is 2. The van der Waals surface area contributed by atoms with Gasteiger partial charge in [-0.05, 0) is 29.2 Å². The van der Waals surface area contributed by atoms with Crippen LogP contribution in [-0.2, 0) is 4.79 Å². The second-order valence-electron chi connectivity index (χ2n) is 4.73. The smallest absolute Gasteiger partial charge is 0.303 e. The van der Waals surface area contributed by atoms with Crippen LogP contribution in [0.3, 0.4) is 0 Å². The van der Waals surface area contributed by atoms with Gasteiger partial charge in [0.15, 0.2) is 5.52 Å². The molecule has 0 radical (unpaired) electrons. The van der Waals surface area contributed by atoms with E-state index in [2.05, 4.69) is 20.2 Å². The molecular weight excluding hydrogens is 310 g/mol. The average molecular weight is 323 g/mol. The van der Waals surface area contributed by atoms with Crippen molar-refractivity contribution in [3.8, 4) is 0 Å². The van der Waals surface area contributed by atoms with E-state index in [0.29, 0.717) is 19.3 Å². The van der Waals surface area contributed by atoms with E-state index < -0.39 is 10.9 Å². The van der Waals surface area contributed by atoms with Crippen LogP contribution in [0.1, 0.15) is 25.7 Å². The summed E-state index contributed by atoms with van der Waals surface area (Å²) in [5.41, 5.74) is -0.0197. The summed E-state index contributed by atoms with van der Waals surface area (Å²) in [4.78, 5) is 31.7. The van der Waals surface area contributed by atoms with Gasteiger partial charge in [-0.3, -0.25) is 14.9 Å². The van der Waals surface area contributed by atoms with Gasteiger partial charge in [0.25, 0.3) is 0 Å². The number of aromatic nitrogens is 2. The first-order valence-electron chi connectivity index (χ1n) is 6.77. The molecular formula is C12H13N5O6. The minimum absolute atomic E-state index is 0.0590. The molecule has 1 aromatic heterocycles. The fourth-order valence-electron chi connectivity index (χ4n) is 2.12. The van der Waals surface area contributed by atoms with Crippen molar-refractivity contribution in [2.24, 2.45) is 5.29 Å². The van der Waals surface area contributed by atoms with Gasteiger partial charge in [0.1, 0.15) is 0 Å². The highest BCUT2D eigenvalue weighted by molar-refractivity contribution is 5.93. The summed E-state index contributed by atoms with van der Waals surface area (Å²) in [5.74, 6) is -0.874. The van der Waals surface area contributed by atoms with Crippen LogP contribution in [-0.4, -0.2) is 32.9 Å². The van der Waals surface area contributed by atoms with Crippen LogP contribution >= 0.6 is 0 Å². The van der Waals surface area contributed by atoms with Crippen molar-refractivity contribution >= 4 is 28.4 Å². The number of benzene rings is 1. The van der Waals surface area contributed by atoms with Crippen LogP contribution in [0.15, 0.2) is 22.0 Å². The maximum atomic E-state index is 11.0. The first-order chi connectivity index (χ1) is 11.0. The third-order valence-corrected chi connectivity index (χ3v) is 3.21. The predicted octanol–water partition coefficient (Wildman–Crippen LogP) is 2.26. The van der Waals surface area contributed by atoms with Gasteiger partial charge >= 0.3 is 11.7 Å². The fourth-order valence-corrected chi connectivity index (χ4v) is 2.12. The molecule has 0 aliphatic rings. The van der Waals surface area contributed by atoms with Crippen LogP contribution in [0.25, 0.3) is 11.0 Å². The molecule has 2 rings (SSSR count). The van der Waals surface area contributed by atoms with E-state index in [1.54, 1.807) is 0 Å². The number of carboxylic acid groups (broad SMARTS) is 1. The van der Waals surface area contributed by atoms with Crippen molar-refractivity contribution in [3.63, 3.8) is 0 Å². The van der Waals surface area contributed by atoms with E-state index in [9.17, 15) is 19.8 Å².